The zero-order chi connectivity index (χ0) is 13.0. The second-order valence-electron chi connectivity index (χ2n) is 3.89. The van der Waals surface area contributed by atoms with E-state index >= 15 is 0 Å². The van der Waals surface area contributed by atoms with E-state index in [0.29, 0.717) is 11.4 Å². The molecule has 0 aliphatic carbocycles. The molecule has 0 spiro atoms. The van der Waals surface area contributed by atoms with Crippen molar-refractivity contribution >= 4 is 0 Å². The van der Waals surface area contributed by atoms with Crippen LogP contribution in [0.1, 0.15) is 11.1 Å². The van der Waals surface area contributed by atoms with E-state index in [4.69, 9.17) is 9.84 Å². The number of rotatable bonds is 4. The number of aromatic nitrogens is 1. The number of hydrogen-bond donors (Lipinski definition) is 2. The molecule has 2 rings (SSSR count). The van der Waals surface area contributed by atoms with Gasteiger partial charge in [0, 0.05) is 11.8 Å². The summed E-state index contributed by atoms with van der Waals surface area (Å²) >= 11 is 0. The Labute approximate surface area is 106 Å². The molecular weight excluding hydrogens is 230 g/mol. The Morgan fingerprint density at radius 2 is 1.94 bits per heavy atom. The van der Waals surface area contributed by atoms with Crippen LogP contribution in [0.3, 0.4) is 0 Å². The molecule has 0 radical (unpaired) electrons. The first-order valence-electron chi connectivity index (χ1n) is 5.62. The first kappa shape index (κ1) is 12.5. The first-order valence-corrected chi connectivity index (χ1v) is 5.62. The molecule has 94 valence electrons. The highest BCUT2D eigenvalue weighted by Crippen LogP contribution is 2.27. The molecule has 4 heteroatoms. The van der Waals surface area contributed by atoms with Gasteiger partial charge in [0.25, 0.3) is 0 Å². The van der Waals surface area contributed by atoms with Gasteiger partial charge in [-0.1, -0.05) is 6.07 Å². The number of ether oxygens (including phenoxy) is 1. The Kier molecular flexibility index (Phi) is 3.92. The van der Waals surface area contributed by atoms with Crippen LogP contribution in [-0.2, 0) is 13.2 Å². The van der Waals surface area contributed by atoms with E-state index in [2.05, 4.69) is 4.98 Å². The smallest absolute Gasteiger partial charge is 0.119 e. The lowest BCUT2D eigenvalue weighted by Crippen LogP contribution is -1.95. The number of aliphatic hydroxyl groups excluding tert-OH is 2. The van der Waals surface area contributed by atoms with Gasteiger partial charge in [0.05, 0.1) is 26.0 Å². The minimum absolute atomic E-state index is 0.0338. The zero-order valence-electron chi connectivity index (χ0n) is 10.1. The molecule has 4 nitrogen and oxygen atoms in total. The molecule has 1 aromatic heterocycles. The molecule has 0 amide bonds. The maximum absolute atomic E-state index is 9.35. The first-order chi connectivity index (χ1) is 8.78. The van der Waals surface area contributed by atoms with Crippen molar-refractivity contribution in [3.05, 3.63) is 47.7 Å². The van der Waals surface area contributed by atoms with Crippen molar-refractivity contribution in [1.29, 1.82) is 0 Å². The van der Waals surface area contributed by atoms with Crippen molar-refractivity contribution in [3.63, 3.8) is 0 Å². The lowest BCUT2D eigenvalue weighted by Gasteiger charge is -2.10. The van der Waals surface area contributed by atoms with E-state index in [1.165, 1.54) is 0 Å². The number of aliphatic hydroxyl groups is 2. The predicted molar refractivity (Wildman–Crippen MR) is 68.1 cm³/mol. The Morgan fingerprint density at radius 1 is 1.11 bits per heavy atom. The molecule has 0 bridgehead atoms. The SMILES string of the molecule is COc1ccc(CO)c(-c2cc(CO)ccn2)c1. The van der Waals surface area contributed by atoms with Gasteiger partial charge < -0.3 is 14.9 Å². The summed E-state index contributed by atoms with van der Waals surface area (Å²) in [5.41, 5.74) is 3.08. The second-order valence-corrected chi connectivity index (χ2v) is 3.89. The fourth-order valence-corrected chi connectivity index (χ4v) is 1.78. The molecule has 0 atom stereocenters. The maximum Gasteiger partial charge on any atom is 0.119 e. The normalized spacial score (nSPS) is 10.4. The summed E-state index contributed by atoms with van der Waals surface area (Å²) in [4.78, 5) is 4.26. The van der Waals surface area contributed by atoms with Crippen molar-refractivity contribution in [2.75, 3.05) is 7.11 Å². The monoisotopic (exact) mass is 245 g/mol. The highest BCUT2D eigenvalue weighted by molar-refractivity contribution is 5.66. The van der Waals surface area contributed by atoms with Gasteiger partial charge in [-0.15, -0.1) is 0 Å². The van der Waals surface area contributed by atoms with E-state index in [1.807, 2.05) is 12.1 Å². The fourth-order valence-electron chi connectivity index (χ4n) is 1.78. The van der Waals surface area contributed by atoms with E-state index in [9.17, 15) is 5.11 Å². The van der Waals surface area contributed by atoms with Gasteiger partial charge in [0.15, 0.2) is 0 Å². The Hall–Kier alpha value is -1.91. The minimum Gasteiger partial charge on any atom is -0.497 e. The van der Waals surface area contributed by atoms with Crippen LogP contribution in [0, 0.1) is 0 Å². The summed E-state index contributed by atoms with van der Waals surface area (Å²) in [6.45, 7) is -0.0989. The Balaban J connectivity index is 2.53. The zero-order valence-corrected chi connectivity index (χ0v) is 10.1. The standard InChI is InChI=1S/C14H15NO3/c1-18-12-3-2-11(9-17)13(7-12)14-6-10(8-16)4-5-15-14/h2-7,16-17H,8-9H2,1H3. The highest BCUT2D eigenvalue weighted by Gasteiger charge is 2.08. The predicted octanol–water partition coefficient (Wildman–Crippen LogP) is 1.74. The molecule has 2 N–H and O–H groups in total. The van der Waals surface area contributed by atoms with Crippen LogP contribution in [0.4, 0.5) is 0 Å². The van der Waals surface area contributed by atoms with E-state index in [1.54, 1.807) is 31.5 Å². The molecule has 1 aromatic carbocycles. The van der Waals surface area contributed by atoms with Gasteiger partial charge in [-0.3, -0.25) is 4.98 Å². The summed E-state index contributed by atoms with van der Waals surface area (Å²) in [6, 6.07) is 8.98. The van der Waals surface area contributed by atoms with Gasteiger partial charge in [0.1, 0.15) is 5.75 Å². The Morgan fingerprint density at radius 3 is 2.61 bits per heavy atom. The third kappa shape index (κ3) is 2.50. The second kappa shape index (κ2) is 5.62. The number of benzene rings is 1. The number of nitrogens with zero attached hydrogens (tertiary/aromatic N) is 1. The van der Waals surface area contributed by atoms with Crippen molar-refractivity contribution in [2.45, 2.75) is 13.2 Å². The molecule has 0 saturated heterocycles. The molecule has 0 unspecified atom stereocenters. The van der Waals surface area contributed by atoms with Crippen LogP contribution in [0.15, 0.2) is 36.5 Å². The molecule has 0 aliphatic rings. The van der Waals surface area contributed by atoms with Crippen LogP contribution in [0.2, 0.25) is 0 Å². The van der Waals surface area contributed by atoms with Crippen LogP contribution in [0.5, 0.6) is 5.75 Å². The van der Waals surface area contributed by atoms with Gasteiger partial charge in [-0.25, -0.2) is 0 Å². The largest absolute Gasteiger partial charge is 0.497 e. The summed E-state index contributed by atoms with van der Waals surface area (Å²) in [5, 5.41) is 18.5. The summed E-state index contributed by atoms with van der Waals surface area (Å²) in [5.74, 6) is 0.707. The van der Waals surface area contributed by atoms with Gasteiger partial charge in [0.2, 0.25) is 0 Å². The molecule has 0 fully saturated rings. The average Bonchev–Trinajstić information content (AvgIpc) is 2.46. The number of pyridine rings is 1. The van der Waals surface area contributed by atoms with Crippen molar-refractivity contribution in [3.8, 4) is 17.0 Å². The lowest BCUT2D eigenvalue weighted by atomic mass is 10.0. The number of hydrogen-bond acceptors (Lipinski definition) is 4. The van der Waals surface area contributed by atoms with Gasteiger partial charge in [-0.2, -0.15) is 0 Å². The van der Waals surface area contributed by atoms with Crippen molar-refractivity contribution in [2.24, 2.45) is 0 Å². The minimum atomic E-state index is -0.0651. The molecule has 18 heavy (non-hydrogen) atoms. The van der Waals surface area contributed by atoms with E-state index in [-0.39, 0.29) is 13.2 Å². The van der Waals surface area contributed by atoms with E-state index < -0.39 is 0 Å². The Bertz CT molecular complexity index is 540. The molecule has 0 saturated carbocycles. The van der Waals surface area contributed by atoms with Crippen LogP contribution in [0.25, 0.3) is 11.3 Å². The number of methoxy groups -OCH3 is 1. The molecule has 0 aliphatic heterocycles. The maximum atomic E-state index is 9.35. The summed E-state index contributed by atoms with van der Waals surface area (Å²) in [6.07, 6.45) is 1.64. The third-order valence-electron chi connectivity index (χ3n) is 2.77. The average molecular weight is 245 g/mol. The van der Waals surface area contributed by atoms with Crippen LogP contribution < -0.4 is 4.74 Å². The summed E-state index contributed by atoms with van der Waals surface area (Å²) < 4.78 is 5.17. The van der Waals surface area contributed by atoms with Gasteiger partial charge >= 0.3 is 0 Å². The third-order valence-corrected chi connectivity index (χ3v) is 2.77. The highest BCUT2D eigenvalue weighted by atomic mass is 16.5. The van der Waals surface area contributed by atoms with Crippen molar-refractivity contribution < 1.29 is 14.9 Å². The topological polar surface area (TPSA) is 62.6 Å². The fraction of sp³-hybridized carbons (Fsp3) is 0.214. The molecule has 2 aromatic rings. The van der Waals surface area contributed by atoms with Crippen LogP contribution >= 0.6 is 0 Å². The lowest BCUT2D eigenvalue weighted by molar-refractivity contribution is 0.281. The molecular formula is C14H15NO3. The van der Waals surface area contributed by atoms with Crippen LogP contribution in [-0.4, -0.2) is 22.3 Å². The van der Waals surface area contributed by atoms with E-state index in [0.717, 1.165) is 16.7 Å². The van der Waals surface area contributed by atoms with Crippen molar-refractivity contribution in [1.82, 2.24) is 4.98 Å². The van der Waals surface area contributed by atoms with Gasteiger partial charge in [-0.05, 0) is 35.4 Å². The quantitative estimate of drug-likeness (QED) is 0.861. The summed E-state index contributed by atoms with van der Waals surface area (Å²) in [7, 11) is 1.59. The molecule has 1 heterocycles.